The molecule has 11 heteroatoms. The summed E-state index contributed by atoms with van der Waals surface area (Å²) >= 11 is 0. The third kappa shape index (κ3) is 3.75. The summed E-state index contributed by atoms with van der Waals surface area (Å²) in [5, 5.41) is 17.7. The summed E-state index contributed by atoms with van der Waals surface area (Å²) in [6.45, 7) is 1.36. The van der Waals surface area contributed by atoms with Gasteiger partial charge in [0, 0.05) is 33.3 Å². The summed E-state index contributed by atoms with van der Waals surface area (Å²) < 4.78 is 8.29. The van der Waals surface area contributed by atoms with Crippen LogP contribution in [0.4, 0.5) is 0 Å². The number of ether oxygens (including phenoxy) is 1. The number of amides is 3. The van der Waals surface area contributed by atoms with Crippen molar-refractivity contribution >= 4 is 28.8 Å². The number of rotatable bonds is 7. The minimum atomic E-state index is -1.24. The van der Waals surface area contributed by atoms with Gasteiger partial charge in [-0.3, -0.25) is 14.4 Å². The van der Waals surface area contributed by atoms with E-state index in [4.69, 9.17) is 4.74 Å². The zero-order chi connectivity index (χ0) is 26.4. The molecule has 1 aromatic heterocycles. The largest absolute Gasteiger partial charge is 0.396 e. The maximum atomic E-state index is 14.3. The van der Waals surface area contributed by atoms with Crippen molar-refractivity contribution in [3.05, 3.63) is 48.6 Å². The maximum absolute atomic E-state index is 14.3. The monoisotopic (exact) mass is 520 g/mol. The zero-order valence-electron chi connectivity index (χ0n) is 21.3. The Kier molecular flexibility index (Phi) is 6.27. The highest BCUT2D eigenvalue weighted by Gasteiger charge is 2.71. The van der Waals surface area contributed by atoms with E-state index in [2.05, 4.69) is 10.3 Å². The number of hydrogen-bond donors (Lipinski definition) is 1. The molecule has 11 nitrogen and oxygen atoms in total. The van der Waals surface area contributed by atoms with Crippen molar-refractivity contribution < 1.29 is 24.2 Å². The van der Waals surface area contributed by atoms with Crippen molar-refractivity contribution in [2.45, 2.75) is 43.7 Å². The standard InChI is InChI=1S/C27H32N6O5/c1-30-13-7-11-20-21(24(30)35)22-25(36)32(15-5-2-6-16-34)23-26(37)31(14-8-12-27(22,23)38-20)17-33-19-10-4-3-9-18(19)28-29-33/h3-4,7-12,20-23,34H,2,5-6,13-17H2,1H3/t20-,21+,22-,23?,27-/m0/s1. The van der Waals surface area contributed by atoms with Crippen molar-refractivity contribution in [1.82, 2.24) is 29.7 Å². The van der Waals surface area contributed by atoms with Gasteiger partial charge in [0.25, 0.3) is 5.91 Å². The first-order valence-corrected chi connectivity index (χ1v) is 13.2. The van der Waals surface area contributed by atoms with Crippen molar-refractivity contribution in [1.29, 1.82) is 0 Å². The van der Waals surface area contributed by atoms with Gasteiger partial charge in [0.15, 0.2) is 0 Å². The molecule has 38 heavy (non-hydrogen) atoms. The first-order chi connectivity index (χ1) is 18.5. The molecule has 3 amide bonds. The van der Waals surface area contributed by atoms with E-state index in [1.807, 2.05) is 48.6 Å². The van der Waals surface area contributed by atoms with E-state index in [-0.39, 0.29) is 31.0 Å². The number of aromatic nitrogens is 3. The van der Waals surface area contributed by atoms with Gasteiger partial charge in [-0.1, -0.05) is 41.7 Å². The molecule has 1 aromatic carbocycles. The van der Waals surface area contributed by atoms with Crippen molar-refractivity contribution in [3.63, 3.8) is 0 Å². The average molecular weight is 521 g/mol. The van der Waals surface area contributed by atoms with Crippen molar-refractivity contribution in [2.24, 2.45) is 11.8 Å². The molecule has 1 N–H and O–H groups in total. The molecule has 200 valence electrons. The van der Waals surface area contributed by atoms with Crippen LogP contribution >= 0.6 is 0 Å². The third-order valence-electron chi connectivity index (χ3n) is 8.23. The summed E-state index contributed by atoms with van der Waals surface area (Å²) in [5.41, 5.74) is 0.303. The first kappa shape index (κ1) is 24.7. The number of carbonyl (C=O) groups is 3. The second-order valence-electron chi connectivity index (χ2n) is 10.5. The van der Waals surface area contributed by atoms with Crippen LogP contribution in [0.1, 0.15) is 19.3 Å². The van der Waals surface area contributed by atoms with E-state index in [0.717, 1.165) is 17.5 Å². The average Bonchev–Trinajstić information content (AvgIpc) is 3.47. The Bertz CT molecular complexity index is 1320. The number of benzene rings is 1. The van der Waals surface area contributed by atoms with E-state index in [1.54, 1.807) is 26.4 Å². The number of likely N-dealkylation sites (N-methyl/N-ethyl adjacent to an activating group) is 1. The number of aliphatic hydroxyl groups excluding tert-OH is 1. The first-order valence-electron chi connectivity index (χ1n) is 13.2. The summed E-state index contributed by atoms with van der Waals surface area (Å²) in [7, 11) is 1.72. The van der Waals surface area contributed by atoms with Crippen LogP contribution in [0.25, 0.3) is 11.0 Å². The Hall–Kier alpha value is -3.57. The van der Waals surface area contributed by atoms with E-state index in [9.17, 15) is 19.5 Å². The predicted octanol–water partition coefficient (Wildman–Crippen LogP) is 0.559. The van der Waals surface area contributed by atoms with Gasteiger partial charge in [-0.05, 0) is 31.4 Å². The highest BCUT2D eigenvalue weighted by atomic mass is 16.5. The number of nitrogens with zero attached hydrogens (tertiary/aromatic N) is 6. The highest BCUT2D eigenvalue weighted by molar-refractivity contribution is 5.99. The summed E-state index contributed by atoms with van der Waals surface area (Å²) in [6, 6.07) is 6.65. The Balaban J connectivity index is 1.37. The lowest BCUT2D eigenvalue weighted by atomic mass is 9.77. The number of unbranched alkanes of at least 4 members (excludes halogenated alkanes) is 2. The van der Waals surface area contributed by atoms with Gasteiger partial charge in [0.2, 0.25) is 11.8 Å². The van der Waals surface area contributed by atoms with Gasteiger partial charge in [-0.2, -0.15) is 0 Å². The predicted molar refractivity (Wildman–Crippen MR) is 136 cm³/mol. The van der Waals surface area contributed by atoms with Crippen molar-refractivity contribution in [3.8, 4) is 0 Å². The topological polar surface area (TPSA) is 121 Å². The lowest BCUT2D eigenvalue weighted by molar-refractivity contribution is -0.149. The second-order valence-corrected chi connectivity index (χ2v) is 10.5. The maximum Gasteiger partial charge on any atom is 0.250 e. The van der Waals surface area contributed by atoms with Gasteiger partial charge in [0.05, 0.1) is 23.5 Å². The molecule has 0 saturated carbocycles. The lowest BCUT2D eigenvalue weighted by Gasteiger charge is -2.35. The van der Waals surface area contributed by atoms with E-state index < -0.39 is 29.6 Å². The van der Waals surface area contributed by atoms with Crippen LogP contribution in [-0.4, -0.2) is 104 Å². The third-order valence-corrected chi connectivity index (χ3v) is 8.23. The van der Waals surface area contributed by atoms with Crippen LogP contribution in [0.15, 0.2) is 48.6 Å². The Labute approximate surface area is 220 Å². The molecule has 6 rings (SSSR count). The molecule has 1 unspecified atom stereocenters. The van der Waals surface area contributed by atoms with Crippen LogP contribution in [0.2, 0.25) is 0 Å². The molecule has 4 aliphatic rings. The van der Waals surface area contributed by atoms with Crippen molar-refractivity contribution in [2.75, 3.05) is 33.3 Å². The molecule has 4 aliphatic heterocycles. The van der Waals surface area contributed by atoms with Gasteiger partial charge in [0.1, 0.15) is 23.8 Å². The fraction of sp³-hybridized carbons (Fsp3) is 0.519. The molecule has 5 atom stereocenters. The van der Waals surface area contributed by atoms with Crippen LogP contribution in [0, 0.1) is 11.8 Å². The number of para-hydroxylation sites is 1. The van der Waals surface area contributed by atoms with Crippen LogP contribution < -0.4 is 0 Å². The molecule has 0 aliphatic carbocycles. The molecule has 2 saturated heterocycles. The smallest absolute Gasteiger partial charge is 0.250 e. The SMILES string of the molecule is CN1CC=C[C@@H]2O[C@]34C=CCN(Cn5nnc6ccccc65)C(=O)C3N(CCCCCO)C(=O)[C@@H]4[C@@H]2C1=O. The van der Waals surface area contributed by atoms with Crippen LogP contribution in [0.5, 0.6) is 0 Å². The molecule has 0 bridgehead atoms. The minimum absolute atomic E-state index is 0.0747. The molecular formula is C27H32N6O5. The molecule has 1 spiro atoms. The molecule has 2 fully saturated rings. The number of hydrogen-bond acceptors (Lipinski definition) is 7. The molecule has 2 aromatic rings. The second kappa shape index (κ2) is 9.63. The number of fused-ring (bicyclic) bond motifs is 3. The summed E-state index contributed by atoms with van der Waals surface area (Å²) in [6.07, 6.45) is 8.86. The van der Waals surface area contributed by atoms with Gasteiger partial charge < -0.3 is 24.5 Å². The van der Waals surface area contributed by atoms with E-state index in [1.165, 1.54) is 0 Å². The van der Waals surface area contributed by atoms with Gasteiger partial charge in [-0.25, -0.2) is 4.68 Å². The molecular weight excluding hydrogens is 488 g/mol. The number of likely N-dealkylation sites (tertiary alicyclic amines) is 1. The Morgan fingerprint density at radius 2 is 1.89 bits per heavy atom. The van der Waals surface area contributed by atoms with Gasteiger partial charge >= 0.3 is 0 Å². The van der Waals surface area contributed by atoms with E-state index >= 15 is 0 Å². The fourth-order valence-electron chi connectivity index (χ4n) is 6.43. The summed E-state index contributed by atoms with van der Waals surface area (Å²) in [5.74, 6) is -2.10. The van der Waals surface area contributed by atoms with Crippen LogP contribution in [0.3, 0.4) is 0 Å². The number of carbonyl (C=O) groups excluding carboxylic acids is 3. The Morgan fingerprint density at radius 3 is 2.74 bits per heavy atom. The van der Waals surface area contributed by atoms with Crippen LogP contribution in [-0.2, 0) is 25.8 Å². The molecule has 0 radical (unpaired) electrons. The van der Waals surface area contributed by atoms with Gasteiger partial charge in [-0.15, -0.1) is 5.10 Å². The highest BCUT2D eigenvalue weighted by Crippen LogP contribution is 2.53. The lowest BCUT2D eigenvalue weighted by Crippen LogP contribution is -2.55. The molecule has 5 heterocycles. The normalized spacial score (nSPS) is 30.6. The Morgan fingerprint density at radius 1 is 1.05 bits per heavy atom. The fourth-order valence-corrected chi connectivity index (χ4v) is 6.43. The minimum Gasteiger partial charge on any atom is -0.396 e. The number of aliphatic hydroxyl groups is 1. The quantitative estimate of drug-likeness (QED) is 0.418. The summed E-state index contributed by atoms with van der Waals surface area (Å²) in [4.78, 5) is 46.7. The zero-order valence-corrected chi connectivity index (χ0v) is 21.3. The van der Waals surface area contributed by atoms with E-state index in [0.29, 0.717) is 32.5 Å².